The first-order valence-corrected chi connectivity index (χ1v) is 6.63. The Kier molecular flexibility index (Phi) is 4.45. The summed E-state index contributed by atoms with van der Waals surface area (Å²) in [6.07, 6.45) is 3.58. The molecule has 0 radical (unpaired) electrons. The molecule has 0 fully saturated rings. The van der Waals surface area contributed by atoms with Gasteiger partial charge >= 0.3 is 0 Å². The van der Waals surface area contributed by atoms with E-state index in [9.17, 15) is 4.79 Å². The summed E-state index contributed by atoms with van der Waals surface area (Å²) in [4.78, 5) is 16.2. The minimum absolute atomic E-state index is 0.252. The van der Waals surface area contributed by atoms with Crippen LogP contribution in [0.15, 0.2) is 42.6 Å². The van der Waals surface area contributed by atoms with Crippen LogP contribution in [-0.2, 0) is 17.6 Å². The average molecular weight is 253 g/mol. The molecule has 2 rings (SSSR count). The van der Waals surface area contributed by atoms with Gasteiger partial charge in [-0.2, -0.15) is 0 Å². The molecule has 2 aromatic rings. The van der Waals surface area contributed by atoms with Crippen LogP contribution in [0.2, 0.25) is 0 Å². The molecule has 19 heavy (non-hydrogen) atoms. The number of hydrogen-bond acceptors (Lipinski definition) is 2. The van der Waals surface area contributed by atoms with Crippen LogP contribution in [0, 0.1) is 13.8 Å². The lowest BCUT2D eigenvalue weighted by Gasteiger charge is -2.04. The Morgan fingerprint density at radius 1 is 1.11 bits per heavy atom. The molecule has 0 aliphatic carbocycles. The Hall–Kier alpha value is -1.96. The van der Waals surface area contributed by atoms with E-state index < -0.39 is 0 Å². The third-order valence-corrected chi connectivity index (χ3v) is 3.30. The van der Waals surface area contributed by atoms with Gasteiger partial charge in [-0.1, -0.05) is 35.9 Å². The fourth-order valence-corrected chi connectivity index (χ4v) is 2.02. The van der Waals surface area contributed by atoms with Crippen molar-refractivity contribution in [3.63, 3.8) is 0 Å². The van der Waals surface area contributed by atoms with E-state index in [1.807, 2.05) is 19.1 Å². The molecule has 0 aliphatic rings. The summed E-state index contributed by atoms with van der Waals surface area (Å²) in [5.41, 5.74) is 4.46. The first-order valence-electron chi connectivity index (χ1n) is 6.63. The molecule has 0 bridgehead atoms. The highest BCUT2D eigenvalue weighted by molar-refractivity contribution is 5.80. The van der Waals surface area contributed by atoms with Gasteiger partial charge in [-0.15, -0.1) is 0 Å². The molecule has 2 heteroatoms. The number of carbonyl (C=O) groups is 1. The van der Waals surface area contributed by atoms with Crippen molar-refractivity contribution in [2.75, 3.05) is 0 Å². The molecule has 0 spiro atoms. The lowest BCUT2D eigenvalue weighted by atomic mass is 10.0. The Morgan fingerprint density at radius 3 is 2.53 bits per heavy atom. The molecule has 0 saturated carbocycles. The van der Waals surface area contributed by atoms with Gasteiger partial charge in [0, 0.05) is 19.0 Å². The van der Waals surface area contributed by atoms with Crippen molar-refractivity contribution in [3.8, 4) is 0 Å². The topological polar surface area (TPSA) is 30.0 Å². The maximum atomic E-state index is 12.0. The van der Waals surface area contributed by atoms with Gasteiger partial charge in [-0.3, -0.25) is 9.78 Å². The second kappa shape index (κ2) is 6.28. The zero-order chi connectivity index (χ0) is 13.7. The molecule has 0 aliphatic heterocycles. The lowest BCUT2D eigenvalue weighted by molar-refractivity contribution is -0.118. The van der Waals surface area contributed by atoms with Crippen LogP contribution in [0.1, 0.15) is 28.8 Å². The van der Waals surface area contributed by atoms with Gasteiger partial charge in [0.15, 0.2) is 0 Å². The van der Waals surface area contributed by atoms with Crippen LogP contribution < -0.4 is 0 Å². The second-order valence-electron chi connectivity index (χ2n) is 4.97. The molecular formula is C17H19NO. The minimum atomic E-state index is 0.252. The molecule has 0 N–H and O–H groups in total. The highest BCUT2D eigenvalue weighted by Gasteiger charge is 2.07. The number of aryl methyl sites for hydroxylation is 3. The normalized spacial score (nSPS) is 10.4. The van der Waals surface area contributed by atoms with Gasteiger partial charge in [0.2, 0.25) is 0 Å². The number of Topliss-reactive ketones (excluding diaryl/α,β-unsaturated/α-hetero) is 1. The molecule has 1 aromatic heterocycles. The Balaban J connectivity index is 1.88. The van der Waals surface area contributed by atoms with E-state index in [0.29, 0.717) is 12.8 Å². The molecule has 1 aromatic carbocycles. The van der Waals surface area contributed by atoms with Crippen LogP contribution in [0.4, 0.5) is 0 Å². The third-order valence-electron chi connectivity index (χ3n) is 3.30. The van der Waals surface area contributed by atoms with Gasteiger partial charge < -0.3 is 0 Å². The number of ketones is 1. The van der Waals surface area contributed by atoms with Gasteiger partial charge in [-0.25, -0.2) is 0 Å². The van der Waals surface area contributed by atoms with E-state index in [2.05, 4.69) is 36.2 Å². The molecule has 0 unspecified atom stereocenters. The predicted octanol–water partition coefficient (Wildman–Crippen LogP) is 3.44. The maximum absolute atomic E-state index is 12.0. The molecule has 98 valence electrons. The smallest absolute Gasteiger partial charge is 0.139 e. The predicted molar refractivity (Wildman–Crippen MR) is 77.2 cm³/mol. The first kappa shape index (κ1) is 13.5. The van der Waals surface area contributed by atoms with Crippen LogP contribution in [0.5, 0.6) is 0 Å². The van der Waals surface area contributed by atoms with E-state index in [4.69, 9.17) is 0 Å². The zero-order valence-electron chi connectivity index (χ0n) is 11.5. The van der Waals surface area contributed by atoms with Crippen molar-refractivity contribution < 1.29 is 4.79 Å². The van der Waals surface area contributed by atoms with Gasteiger partial charge in [0.25, 0.3) is 0 Å². The monoisotopic (exact) mass is 253 g/mol. The van der Waals surface area contributed by atoms with Gasteiger partial charge in [-0.05, 0) is 37.5 Å². The van der Waals surface area contributed by atoms with Gasteiger partial charge in [0.1, 0.15) is 5.78 Å². The van der Waals surface area contributed by atoms with Crippen molar-refractivity contribution in [2.24, 2.45) is 0 Å². The van der Waals surface area contributed by atoms with Gasteiger partial charge in [0.05, 0.1) is 5.69 Å². The first-order chi connectivity index (χ1) is 9.15. The summed E-state index contributed by atoms with van der Waals surface area (Å²) in [6, 6.07) is 12.2. The Morgan fingerprint density at radius 2 is 1.84 bits per heavy atom. The van der Waals surface area contributed by atoms with E-state index in [1.165, 1.54) is 11.1 Å². The van der Waals surface area contributed by atoms with Crippen molar-refractivity contribution in [1.82, 2.24) is 4.98 Å². The number of aromatic nitrogens is 1. The number of carbonyl (C=O) groups excluding carboxylic acids is 1. The number of rotatable bonds is 5. The minimum Gasteiger partial charge on any atom is -0.299 e. The Bertz CT molecular complexity index is 558. The third kappa shape index (κ3) is 4.02. The second-order valence-corrected chi connectivity index (χ2v) is 4.97. The standard InChI is InChI=1S/C17H19NO/c1-13-5-7-15(8-6-13)9-10-16(19)12-17-14(2)4-3-11-18-17/h3-8,11H,9-10,12H2,1-2H3. The summed E-state index contributed by atoms with van der Waals surface area (Å²) >= 11 is 0. The van der Waals surface area contributed by atoms with E-state index in [0.717, 1.165) is 17.7 Å². The van der Waals surface area contributed by atoms with Crippen molar-refractivity contribution in [1.29, 1.82) is 0 Å². The molecule has 1 heterocycles. The average Bonchev–Trinajstić information content (AvgIpc) is 2.41. The molecular weight excluding hydrogens is 234 g/mol. The summed E-state index contributed by atoms with van der Waals surface area (Å²) in [5.74, 6) is 0.252. The highest BCUT2D eigenvalue weighted by Crippen LogP contribution is 2.09. The highest BCUT2D eigenvalue weighted by atomic mass is 16.1. The number of pyridine rings is 1. The van der Waals surface area contributed by atoms with E-state index in [-0.39, 0.29) is 5.78 Å². The molecule has 0 atom stereocenters. The largest absolute Gasteiger partial charge is 0.299 e. The molecule has 2 nitrogen and oxygen atoms in total. The fraction of sp³-hybridized carbons (Fsp3) is 0.294. The summed E-state index contributed by atoms with van der Waals surface area (Å²) < 4.78 is 0. The maximum Gasteiger partial charge on any atom is 0.139 e. The van der Waals surface area contributed by atoms with Crippen LogP contribution in [-0.4, -0.2) is 10.8 Å². The summed E-state index contributed by atoms with van der Waals surface area (Å²) in [7, 11) is 0. The zero-order valence-corrected chi connectivity index (χ0v) is 11.5. The van der Waals surface area contributed by atoms with Crippen LogP contribution in [0.25, 0.3) is 0 Å². The van der Waals surface area contributed by atoms with Crippen molar-refractivity contribution in [3.05, 3.63) is 65.0 Å². The quantitative estimate of drug-likeness (QED) is 0.817. The van der Waals surface area contributed by atoms with Crippen molar-refractivity contribution in [2.45, 2.75) is 33.1 Å². The van der Waals surface area contributed by atoms with E-state index >= 15 is 0 Å². The SMILES string of the molecule is Cc1ccc(CCC(=O)Cc2ncccc2C)cc1. The Labute approximate surface area is 114 Å². The number of benzene rings is 1. The molecule has 0 amide bonds. The van der Waals surface area contributed by atoms with Crippen LogP contribution >= 0.6 is 0 Å². The lowest BCUT2D eigenvalue weighted by Crippen LogP contribution is -2.07. The summed E-state index contributed by atoms with van der Waals surface area (Å²) in [6.45, 7) is 4.06. The fourth-order valence-electron chi connectivity index (χ4n) is 2.02. The molecule has 0 saturated heterocycles. The van der Waals surface area contributed by atoms with Crippen molar-refractivity contribution >= 4 is 5.78 Å². The van der Waals surface area contributed by atoms with Crippen LogP contribution in [0.3, 0.4) is 0 Å². The summed E-state index contributed by atoms with van der Waals surface area (Å²) in [5, 5.41) is 0. The number of nitrogens with zero attached hydrogens (tertiary/aromatic N) is 1. The number of hydrogen-bond donors (Lipinski definition) is 0. The van der Waals surface area contributed by atoms with E-state index in [1.54, 1.807) is 6.20 Å².